The highest BCUT2D eigenvalue weighted by Gasteiger charge is 2.29. The maximum Gasteiger partial charge on any atom is 0.424 e. The second-order valence-corrected chi connectivity index (χ2v) is 7.12. The standard InChI is InChI=1S/C15H20N4O5/c1-14(2,3)23-12(21)18-9-10(17-8-7-16-9)19(11(18)20)13(22)24-15(4,5)6/h7-8H,1-6H3. The van der Waals surface area contributed by atoms with Crippen molar-refractivity contribution in [3.8, 4) is 0 Å². The zero-order valence-electron chi connectivity index (χ0n) is 14.5. The summed E-state index contributed by atoms with van der Waals surface area (Å²) < 4.78 is 11.7. The normalized spacial score (nSPS) is 12.2. The monoisotopic (exact) mass is 336 g/mol. The Morgan fingerprint density at radius 3 is 1.46 bits per heavy atom. The van der Waals surface area contributed by atoms with Gasteiger partial charge in [0.1, 0.15) is 11.2 Å². The van der Waals surface area contributed by atoms with Gasteiger partial charge in [-0.2, -0.15) is 9.13 Å². The highest BCUT2D eigenvalue weighted by molar-refractivity contribution is 5.88. The van der Waals surface area contributed by atoms with Crippen molar-refractivity contribution in [3.63, 3.8) is 0 Å². The number of rotatable bonds is 0. The Balaban J connectivity index is 2.63. The molecule has 0 atom stereocenters. The summed E-state index contributed by atoms with van der Waals surface area (Å²) in [5, 5.41) is 0. The molecule has 0 aliphatic heterocycles. The molecule has 9 nitrogen and oxygen atoms in total. The first-order chi connectivity index (χ1) is 10.9. The van der Waals surface area contributed by atoms with E-state index in [1.807, 2.05) is 0 Å². The van der Waals surface area contributed by atoms with Gasteiger partial charge in [-0.1, -0.05) is 0 Å². The Morgan fingerprint density at radius 1 is 0.833 bits per heavy atom. The summed E-state index contributed by atoms with van der Waals surface area (Å²) in [6, 6.07) is 0. The van der Waals surface area contributed by atoms with Gasteiger partial charge in [0.15, 0.2) is 11.3 Å². The van der Waals surface area contributed by atoms with Crippen molar-refractivity contribution in [1.29, 1.82) is 0 Å². The van der Waals surface area contributed by atoms with E-state index in [9.17, 15) is 14.4 Å². The number of nitrogens with zero attached hydrogens (tertiary/aromatic N) is 4. The van der Waals surface area contributed by atoms with Gasteiger partial charge in [-0.25, -0.2) is 24.4 Å². The molecular weight excluding hydrogens is 316 g/mol. The zero-order valence-corrected chi connectivity index (χ0v) is 14.5. The summed E-state index contributed by atoms with van der Waals surface area (Å²) in [6.07, 6.45) is 0.727. The van der Waals surface area contributed by atoms with Crippen LogP contribution < -0.4 is 5.69 Å². The van der Waals surface area contributed by atoms with Gasteiger partial charge in [-0.15, -0.1) is 0 Å². The smallest absolute Gasteiger partial charge is 0.424 e. The van der Waals surface area contributed by atoms with Gasteiger partial charge in [0.25, 0.3) is 0 Å². The van der Waals surface area contributed by atoms with Gasteiger partial charge in [-0.3, -0.25) is 0 Å². The first kappa shape index (κ1) is 17.6. The highest BCUT2D eigenvalue weighted by Crippen LogP contribution is 2.14. The van der Waals surface area contributed by atoms with Crippen LogP contribution in [0.15, 0.2) is 17.2 Å². The molecule has 24 heavy (non-hydrogen) atoms. The predicted octanol–water partition coefficient (Wildman–Crippen LogP) is 2.16. The molecule has 130 valence electrons. The van der Waals surface area contributed by atoms with Gasteiger partial charge in [-0.05, 0) is 41.5 Å². The number of ether oxygens (including phenoxy) is 2. The maximum absolute atomic E-state index is 12.6. The van der Waals surface area contributed by atoms with Gasteiger partial charge < -0.3 is 9.47 Å². The molecule has 0 fully saturated rings. The maximum atomic E-state index is 12.6. The third-order valence-corrected chi connectivity index (χ3v) is 2.62. The summed E-state index contributed by atoms with van der Waals surface area (Å²) in [7, 11) is 0. The Labute approximate surface area is 138 Å². The van der Waals surface area contributed by atoms with Crippen molar-refractivity contribution in [1.82, 2.24) is 19.1 Å². The summed E-state index contributed by atoms with van der Waals surface area (Å²) in [4.78, 5) is 45.2. The second kappa shape index (κ2) is 5.73. The van der Waals surface area contributed by atoms with E-state index >= 15 is 0 Å². The molecule has 0 aliphatic rings. The van der Waals surface area contributed by atoms with Crippen LogP contribution in [0, 0.1) is 0 Å². The minimum Gasteiger partial charge on any atom is -0.443 e. The van der Waals surface area contributed by atoms with Crippen molar-refractivity contribution in [2.75, 3.05) is 0 Å². The Kier molecular flexibility index (Phi) is 4.21. The van der Waals surface area contributed by atoms with Gasteiger partial charge in [0.2, 0.25) is 0 Å². The van der Waals surface area contributed by atoms with Crippen LogP contribution >= 0.6 is 0 Å². The minimum atomic E-state index is -0.945. The molecule has 2 aromatic heterocycles. The fourth-order valence-electron chi connectivity index (χ4n) is 1.86. The average Bonchev–Trinajstić information content (AvgIpc) is 2.66. The van der Waals surface area contributed by atoms with Crippen molar-refractivity contribution in [2.45, 2.75) is 52.7 Å². The van der Waals surface area contributed by atoms with Crippen LogP contribution in [0.25, 0.3) is 11.3 Å². The molecule has 2 aromatic rings. The molecule has 0 saturated heterocycles. The van der Waals surface area contributed by atoms with E-state index in [0.717, 1.165) is 0 Å². The number of fused-ring (bicyclic) bond motifs is 1. The number of hydrogen-bond donors (Lipinski definition) is 0. The van der Waals surface area contributed by atoms with Crippen molar-refractivity contribution in [2.24, 2.45) is 0 Å². The van der Waals surface area contributed by atoms with E-state index in [2.05, 4.69) is 9.97 Å². The molecular formula is C15H20N4O5. The number of carbonyl (C=O) groups is 2. The van der Waals surface area contributed by atoms with Crippen LogP contribution in [0.5, 0.6) is 0 Å². The molecule has 0 unspecified atom stereocenters. The molecule has 0 radical (unpaired) electrons. The van der Waals surface area contributed by atoms with Crippen molar-refractivity contribution >= 4 is 23.5 Å². The van der Waals surface area contributed by atoms with E-state index < -0.39 is 29.1 Å². The van der Waals surface area contributed by atoms with Crippen LogP contribution in [0.1, 0.15) is 41.5 Å². The van der Waals surface area contributed by atoms with Crippen molar-refractivity contribution in [3.05, 3.63) is 22.9 Å². The van der Waals surface area contributed by atoms with E-state index in [1.165, 1.54) is 12.4 Å². The molecule has 0 bridgehead atoms. The minimum absolute atomic E-state index is 0.0809. The van der Waals surface area contributed by atoms with E-state index in [4.69, 9.17) is 9.47 Å². The molecule has 0 aromatic carbocycles. The highest BCUT2D eigenvalue weighted by atomic mass is 16.6. The van der Waals surface area contributed by atoms with Gasteiger partial charge >= 0.3 is 17.9 Å². The number of hydrogen-bond acceptors (Lipinski definition) is 7. The van der Waals surface area contributed by atoms with Gasteiger partial charge in [0.05, 0.1) is 0 Å². The molecule has 0 N–H and O–H groups in total. The first-order valence-electron chi connectivity index (χ1n) is 7.32. The third kappa shape index (κ3) is 3.61. The second-order valence-electron chi connectivity index (χ2n) is 7.12. The Bertz CT molecular complexity index is 783. The lowest BCUT2D eigenvalue weighted by Gasteiger charge is -2.19. The molecule has 9 heteroatoms. The van der Waals surface area contributed by atoms with E-state index in [-0.39, 0.29) is 11.3 Å². The number of carbonyl (C=O) groups excluding carboxylic acids is 2. The predicted molar refractivity (Wildman–Crippen MR) is 85.1 cm³/mol. The van der Waals surface area contributed by atoms with E-state index in [0.29, 0.717) is 9.13 Å². The van der Waals surface area contributed by atoms with Gasteiger partial charge in [0, 0.05) is 12.4 Å². The summed E-state index contributed by atoms with van der Waals surface area (Å²) >= 11 is 0. The van der Waals surface area contributed by atoms with Crippen LogP contribution in [0.3, 0.4) is 0 Å². The summed E-state index contributed by atoms with van der Waals surface area (Å²) in [5.41, 5.74) is -2.75. The quantitative estimate of drug-likeness (QED) is 0.725. The fourth-order valence-corrected chi connectivity index (χ4v) is 1.86. The lowest BCUT2D eigenvalue weighted by Crippen LogP contribution is -2.38. The summed E-state index contributed by atoms with van der Waals surface area (Å²) in [6.45, 7) is 9.97. The molecule has 0 aliphatic carbocycles. The Morgan fingerprint density at radius 2 is 1.17 bits per heavy atom. The topological polar surface area (TPSA) is 105 Å². The molecule has 0 amide bonds. The zero-order chi connectivity index (χ0) is 18.3. The SMILES string of the molecule is CC(C)(C)OC(=O)n1c(=O)n(C(=O)OC(C)(C)C)c2nccnc21. The number of aromatic nitrogens is 4. The molecule has 0 spiro atoms. The van der Waals surface area contributed by atoms with Crippen LogP contribution in [0.4, 0.5) is 9.59 Å². The average molecular weight is 336 g/mol. The molecule has 2 heterocycles. The lowest BCUT2D eigenvalue weighted by atomic mass is 10.2. The Hall–Kier alpha value is -2.71. The van der Waals surface area contributed by atoms with Crippen LogP contribution in [-0.4, -0.2) is 42.5 Å². The lowest BCUT2D eigenvalue weighted by molar-refractivity contribution is 0.0517. The van der Waals surface area contributed by atoms with Crippen LogP contribution in [0.2, 0.25) is 0 Å². The van der Waals surface area contributed by atoms with Crippen molar-refractivity contribution < 1.29 is 19.1 Å². The van der Waals surface area contributed by atoms with Crippen LogP contribution in [-0.2, 0) is 9.47 Å². The third-order valence-electron chi connectivity index (χ3n) is 2.62. The largest absolute Gasteiger partial charge is 0.443 e. The molecule has 0 saturated carbocycles. The summed E-state index contributed by atoms with van der Waals surface area (Å²) in [5.74, 6) is 0. The molecule has 2 rings (SSSR count). The van der Waals surface area contributed by atoms with E-state index in [1.54, 1.807) is 41.5 Å². The fraction of sp³-hybridized carbons (Fsp3) is 0.533. The first-order valence-corrected chi connectivity index (χ1v) is 7.32. The number of imidazole rings is 1.